The van der Waals surface area contributed by atoms with Crippen molar-refractivity contribution < 1.29 is 0 Å². The third kappa shape index (κ3) is 4.01. The van der Waals surface area contributed by atoms with E-state index in [1.54, 1.807) is 0 Å². The van der Waals surface area contributed by atoms with Crippen LogP contribution >= 0.6 is 0 Å². The average molecular weight is 671 g/mol. The van der Waals surface area contributed by atoms with E-state index in [2.05, 4.69) is 186 Å². The third-order valence-electron chi connectivity index (χ3n) is 11.5. The van der Waals surface area contributed by atoms with Crippen LogP contribution in [0.2, 0.25) is 0 Å². The quantitative estimate of drug-likeness (QED) is 0.167. The van der Waals surface area contributed by atoms with Crippen LogP contribution < -0.4 is 0 Å². The Morgan fingerprint density at radius 3 is 1.74 bits per heavy atom. The summed E-state index contributed by atoms with van der Waals surface area (Å²) in [6, 6.07) is 66.8. The van der Waals surface area contributed by atoms with Gasteiger partial charge in [0.2, 0.25) is 0 Å². The maximum atomic E-state index is 5.26. The predicted octanol–water partition coefficient (Wildman–Crippen LogP) is 13.9. The lowest BCUT2D eigenvalue weighted by Crippen LogP contribution is -1.93. The van der Waals surface area contributed by atoms with Gasteiger partial charge in [-0.15, -0.1) is 0 Å². The van der Waals surface area contributed by atoms with Gasteiger partial charge in [0, 0.05) is 10.8 Å². The van der Waals surface area contributed by atoms with E-state index >= 15 is 0 Å². The molecule has 0 unspecified atom stereocenters. The Morgan fingerprint density at radius 1 is 0.321 bits per heavy atom. The minimum absolute atomic E-state index is 0.999. The minimum atomic E-state index is 0.999. The molecule has 0 aliphatic heterocycles. The van der Waals surface area contributed by atoms with Crippen molar-refractivity contribution in [1.29, 1.82) is 0 Å². The van der Waals surface area contributed by atoms with Crippen molar-refractivity contribution in [3.8, 4) is 22.3 Å². The van der Waals surface area contributed by atoms with Crippen LogP contribution in [0, 0.1) is 0 Å². The van der Waals surface area contributed by atoms with E-state index in [0.717, 1.165) is 22.2 Å². The molecule has 12 rings (SSSR count). The zero-order chi connectivity index (χ0) is 34.6. The summed E-state index contributed by atoms with van der Waals surface area (Å²) in [6.45, 7) is 0. The van der Waals surface area contributed by atoms with Crippen LogP contribution in [0.3, 0.4) is 0 Å². The molecule has 2 nitrogen and oxygen atoms in total. The van der Waals surface area contributed by atoms with Crippen molar-refractivity contribution in [3.05, 3.63) is 182 Å². The number of rotatable bonds is 2. The first-order chi connectivity index (χ1) is 26.3. The first kappa shape index (κ1) is 28.6. The van der Waals surface area contributed by atoms with Crippen molar-refractivity contribution in [2.24, 2.45) is 0 Å². The number of imidazole rings is 1. The van der Waals surface area contributed by atoms with Crippen LogP contribution in [0.5, 0.6) is 0 Å². The number of hydrogen-bond acceptors (Lipinski definition) is 1. The fourth-order valence-corrected chi connectivity index (χ4v) is 9.17. The Kier molecular flexibility index (Phi) is 5.80. The average Bonchev–Trinajstić information content (AvgIpc) is 3.63. The Labute approximate surface area is 304 Å². The summed E-state index contributed by atoms with van der Waals surface area (Å²) in [5.74, 6) is 0. The van der Waals surface area contributed by atoms with Crippen LogP contribution in [0.25, 0.3) is 114 Å². The fraction of sp³-hybridized carbons (Fsp3) is 0. The van der Waals surface area contributed by atoms with Gasteiger partial charge in [-0.25, -0.2) is 4.98 Å². The van der Waals surface area contributed by atoms with Gasteiger partial charge in [-0.05, 0) is 112 Å². The predicted molar refractivity (Wildman–Crippen MR) is 226 cm³/mol. The van der Waals surface area contributed by atoms with Gasteiger partial charge in [0.05, 0.1) is 16.6 Å². The maximum Gasteiger partial charge on any atom is 0.147 e. The Morgan fingerprint density at radius 2 is 0.906 bits per heavy atom. The molecule has 0 fully saturated rings. The molecule has 0 aliphatic rings. The highest BCUT2D eigenvalue weighted by molar-refractivity contribution is 6.33. The summed E-state index contributed by atoms with van der Waals surface area (Å²) >= 11 is 0. The normalized spacial score (nSPS) is 12.2. The van der Waals surface area contributed by atoms with Crippen LogP contribution in [0.4, 0.5) is 0 Å². The molecular weight excluding hydrogens is 641 g/mol. The second-order valence-electron chi connectivity index (χ2n) is 14.3. The number of hydrogen-bond donors (Lipinski definition) is 0. The van der Waals surface area contributed by atoms with E-state index in [4.69, 9.17) is 4.98 Å². The van der Waals surface area contributed by atoms with Gasteiger partial charge in [0.1, 0.15) is 5.65 Å². The summed E-state index contributed by atoms with van der Waals surface area (Å²) in [5.41, 5.74) is 9.11. The molecule has 0 amide bonds. The molecular formula is C51H30N2. The largest absolute Gasteiger partial charge is 0.292 e. The molecule has 2 aromatic heterocycles. The highest BCUT2D eigenvalue weighted by Gasteiger charge is 2.18. The highest BCUT2D eigenvalue weighted by Crippen LogP contribution is 2.44. The summed E-state index contributed by atoms with van der Waals surface area (Å²) in [7, 11) is 0. The third-order valence-corrected chi connectivity index (χ3v) is 11.5. The minimum Gasteiger partial charge on any atom is -0.292 e. The van der Waals surface area contributed by atoms with Crippen LogP contribution in [0.15, 0.2) is 182 Å². The molecule has 0 N–H and O–H groups in total. The number of para-hydroxylation sites is 2. The van der Waals surface area contributed by atoms with Crippen molar-refractivity contribution in [3.63, 3.8) is 0 Å². The molecule has 244 valence electrons. The smallest absolute Gasteiger partial charge is 0.147 e. The Balaban J connectivity index is 1.13. The zero-order valence-electron chi connectivity index (χ0n) is 28.7. The molecule has 0 saturated heterocycles. The van der Waals surface area contributed by atoms with E-state index in [9.17, 15) is 0 Å². The van der Waals surface area contributed by atoms with Gasteiger partial charge in [-0.2, -0.15) is 0 Å². The molecule has 0 saturated carbocycles. The van der Waals surface area contributed by atoms with E-state index in [1.165, 1.54) is 92.3 Å². The summed E-state index contributed by atoms with van der Waals surface area (Å²) in [6.07, 6.45) is 0. The van der Waals surface area contributed by atoms with E-state index in [0.29, 0.717) is 0 Å². The van der Waals surface area contributed by atoms with Gasteiger partial charge in [0.15, 0.2) is 0 Å². The molecule has 0 atom stereocenters. The van der Waals surface area contributed by atoms with Crippen LogP contribution in [-0.2, 0) is 0 Å². The zero-order valence-corrected chi connectivity index (χ0v) is 28.7. The number of aromatic nitrogens is 2. The first-order valence-corrected chi connectivity index (χ1v) is 18.3. The van der Waals surface area contributed by atoms with Crippen molar-refractivity contribution in [2.75, 3.05) is 0 Å². The lowest BCUT2D eigenvalue weighted by molar-refractivity contribution is 1.32. The SMILES string of the molecule is c1cc(-c2ccc3c4ccc5ccccc5c4c4nc5ccccc5n4c3c2)cc(-c2cc3c4ccccc4c4ccccc4c3c3ccccc23)c1. The highest BCUT2D eigenvalue weighted by atomic mass is 15.0. The molecule has 0 spiro atoms. The first-order valence-electron chi connectivity index (χ1n) is 18.3. The number of benzene rings is 10. The molecule has 10 aromatic carbocycles. The summed E-state index contributed by atoms with van der Waals surface area (Å²) in [4.78, 5) is 5.26. The molecule has 0 bridgehead atoms. The van der Waals surface area contributed by atoms with Crippen molar-refractivity contribution in [2.45, 2.75) is 0 Å². The van der Waals surface area contributed by atoms with Gasteiger partial charge >= 0.3 is 0 Å². The van der Waals surface area contributed by atoms with E-state index in [1.807, 2.05) is 0 Å². The molecule has 2 heterocycles. The number of pyridine rings is 1. The molecule has 0 radical (unpaired) electrons. The second-order valence-corrected chi connectivity index (χ2v) is 14.3. The van der Waals surface area contributed by atoms with Crippen molar-refractivity contribution >= 4 is 92.2 Å². The Bertz CT molecular complexity index is 3520. The topological polar surface area (TPSA) is 17.3 Å². The molecule has 2 heteroatoms. The molecule has 53 heavy (non-hydrogen) atoms. The van der Waals surface area contributed by atoms with Gasteiger partial charge < -0.3 is 0 Å². The lowest BCUT2D eigenvalue weighted by Gasteiger charge is -2.17. The van der Waals surface area contributed by atoms with Crippen LogP contribution in [0.1, 0.15) is 0 Å². The maximum absolute atomic E-state index is 5.26. The van der Waals surface area contributed by atoms with Gasteiger partial charge in [-0.1, -0.05) is 152 Å². The number of nitrogens with zero attached hydrogens (tertiary/aromatic N) is 2. The summed E-state index contributed by atoms with van der Waals surface area (Å²) in [5, 5.41) is 16.4. The molecule has 12 aromatic rings. The van der Waals surface area contributed by atoms with Gasteiger partial charge in [-0.3, -0.25) is 4.40 Å². The number of fused-ring (bicyclic) bond motifs is 18. The standard InChI is InChI=1S/C51H30N2/c1-2-15-35-31(12-1)24-27-43-40-26-25-33(29-48(40)53-47-23-10-9-22-46(47)52-51(53)50(35)43)32-13-11-14-34(28-32)44-30-45-38-18-4-3-16-36(38)37-17-5-7-20-41(37)49(45)42-21-8-6-19-39(42)44/h1-30H. The lowest BCUT2D eigenvalue weighted by atomic mass is 9.87. The van der Waals surface area contributed by atoms with Crippen molar-refractivity contribution in [1.82, 2.24) is 9.38 Å². The molecule has 0 aliphatic carbocycles. The monoisotopic (exact) mass is 670 g/mol. The van der Waals surface area contributed by atoms with E-state index < -0.39 is 0 Å². The second kappa shape index (κ2) is 10.7. The van der Waals surface area contributed by atoms with Crippen LogP contribution in [-0.4, -0.2) is 9.38 Å². The van der Waals surface area contributed by atoms with E-state index in [-0.39, 0.29) is 0 Å². The van der Waals surface area contributed by atoms with Gasteiger partial charge in [0.25, 0.3) is 0 Å². The summed E-state index contributed by atoms with van der Waals surface area (Å²) < 4.78 is 2.37. The fourth-order valence-electron chi connectivity index (χ4n) is 9.17. The Hall–Kier alpha value is -7.03.